The summed E-state index contributed by atoms with van der Waals surface area (Å²) in [6.07, 6.45) is 2.13. The van der Waals surface area contributed by atoms with Gasteiger partial charge in [-0.1, -0.05) is 24.3 Å². The lowest BCUT2D eigenvalue weighted by Gasteiger charge is -2.08. The van der Waals surface area contributed by atoms with E-state index >= 15 is 0 Å². The lowest BCUT2D eigenvalue weighted by Crippen LogP contribution is -2.08. The third-order valence-electron chi connectivity index (χ3n) is 3.15. The molecule has 0 fully saturated rings. The van der Waals surface area contributed by atoms with Crippen molar-refractivity contribution in [3.63, 3.8) is 0 Å². The van der Waals surface area contributed by atoms with Crippen molar-refractivity contribution in [2.24, 2.45) is 0 Å². The van der Waals surface area contributed by atoms with E-state index in [0.29, 0.717) is 18.8 Å². The number of nitrogen functional groups attached to an aromatic ring is 1. The second kappa shape index (κ2) is 5.56. The summed E-state index contributed by atoms with van der Waals surface area (Å²) in [7, 11) is 0. The number of nitrogens with two attached hydrogens (primary N) is 1. The van der Waals surface area contributed by atoms with Gasteiger partial charge in [0, 0.05) is 12.0 Å². The first kappa shape index (κ1) is 13.1. The van der Waals surface area contributed by atoms with E-state index in [1.807, 2.05) is 31.2 Å². The molecule has 0 unspecified atom stereocenters. The van der Waals surface area contributed by atoms with Crippen LogP contribution in [0.2, 0.25) is 0 Å². The molecule has 0 aliphatic heterocycles. The number of aromatic nitrogens is 2. The summed E-state index contributed by atoms with van der Waals surface area (Å²) in [5, 5.41) is 12.9. The number of aliphatic carboxylic acids is 1. The summed E-state index contributed by atoms with van der Waals surface area (Å²) in [4.78, 5) is 10.6. The van der Waals surface area contributed by atoms with Gasteiger partial charge in [-0.3, -0.25) is 4.79 Å². The first-order valence-corrected chi connectivity index (χ1v) is 6.14. The Hall–Kier alpha value is -2.30. The maximum absolute atomic E-state index is 10.6. The Morgan fingerprint density at radius 2 is 2.11 bits per heavy atom. The Bertz CT molecular complexity index is 590. The van der Waals surface area contributed by atoms with Gasteiger partial charge in [-0.2, -0.15) is 5.10 Å². The van der Waals surface area contributed by atoms with Crippen LogP contribution in [0.5, 0.6) is 0 Å². The quantitative estimate of drug-likeness (QED) is 0.858. The van der Waals surface area contributed by atoms with Gasteiger partial charge in [0.25, 0.3) is 0 Å². The number of anilines is 1. The standard InChI is InChI=1S/C14H17N3O2/c1-10-4-2-3-5-12(10)9-17-14(15)11(8-16-17)6-7-13(18)19/h2-5,8H,6-7,9,15H2,1H3,(H,18,19). The molecule has 5 heteroatoms. The molecule has 19 heavy (non-hydrogen) atoms. The molecule has 0 radical (unpaired) electrons. The molecule has 0 aliphatic rings. The van der Waals surface area contributed by atoms with Crippen LogP contribution in [0.15, 0.2) is 30.5 Å². The van der Waals surface area contributed by atoms with Crippen molar-refractivity contribution in [1.29, 1.82) is 0 Å². The van der Waals surface area contributed by atoms with Crippen molar-refractivity contribution < 1.29 is 9.90 Å². The fraction of sp³-hybridized carbons (Fsp3) is 0.286. The van der Waals surface area contributed by atoms with Gasteiger partial charge in [0.1, 0.15) is 5.82 Å². The average molecular weight is 259 g/mol. The van der Waals surface area contributed by atoms with E-state index < -0.39 is 5.97 Å². The minimum atomic E-state index is -0.828. The molecule has 0 aliphatic carbocycles. The van der Waals surface area contributed by atoms with Crippen molar-refractivity contribution in [3.8, 4) is 0 Å². The highest BCUT2D eigenvalue weighted by molar-refractivity contribution is 5.67. The zero-order valence-corrected chi connectivity index (χ0v) is 10.8. The fourth-order valence-electron chi connectivity index (χ4n) is 1.94. The summed E-state index contributed by atoms with van der Waals surface area (Å²) in [6, 6.07) is 8.05. The average Bonchev–Trinajstić information content (AvgIpc) is 2.71. The van der Waals surface area contributed by atoms with E-state index in [1.54, 1.807) is 10.9 Å². The minimum absolute atomic E-state index is 0.0697. The maximum atomic E-state index is 10.6. The highest BCUT2D eigenvalue weighted by atomic mass is 16.4. The van der Waals surface area contributed by atoms with Gasteiger partial charge in [0.15, 0.2) is 0 Å². The van der Waals surface area contributed by atoms with E-state index in [0.717, 1.165) is 11.1 Å². The molecule has 100 valence electrons. The zero-order chi connectivity index (χ0) is 13.8. The van der Waals surface area contributed by atoms with Crippen molar-refractivity contribution in [2.45, 2.75) is 26.3 Å². The molecular weight excluding hydrogens is 242 g/mol. The second-order valence-corrected chi connectivity index (χ2v) is 4.53. The molecule has 1 heterocycles. The molecule has 0 bridgehead atoms. The van der Waals surface area contributed by atoms with Gasteiger partial charge in [-0.05, 0) is 24.5 Å². The fourth-order valence-corrected chi connectivity index (χ4v) is 1.94. The topological polar surface area (TPSA) is 81.1 Å². The van der Waals surface area contributed by atoms with Crippen LogP contribution in [0.4, 0.5) is 5.82 Å². The van der Waals surface area contributed by atoms with Gasteiger partial charge in [0.05, 0.1) is 12.7 Å². The number of carbonyl (C=O) groups is 1. The number of carboxylic acids is 1. The molecule has 1 aromatic heterocycles. The Balaban J connectivity index is 2.14. The molecular formula is C14H17N3O2. The summed E-state index contributed by atoms with van der Waals surface area (Å²) in [5.41, 5.74) is 9.12. The molecule has 0 amide bonds. The lowest BCUT2D eigenvalue weighted by atomic mass is 10.1. The number of nitrogens with zero attached hydrogens (tertiary/aromatic N) is 2. The summed E-state index contributed by atoms with van der Waals surface area (Å²) < 4.78 is 1.71. The largest absolute Gasteiger partial charge is 0.481 e. The summed E-state index contributed by atoms with van der Waals surface area (Å²) >= 11 is 0. The monoisotopic (exact) mass is 259 g/mol. The second-order valence-electron chi connectivity index (χ2n) is 4.53. The molecule has 5 nitrogen and oxygen atoms in total. The van der Waals surface area contributed by atoms with Crippen molar-refractivity contribution in [2.75, 3.05) is 5.73 Å². The Morgan fingerprint density at radius 1 is 1.37 bits per heavy atom. The van der Waals surface area contributed by atoms with Crippen molar-refractivity contribution >= 4 is 11.8 Å². The van der Waals surface area contributed by atoms with E-state index in [4.69, 9.17) is 10.8 Å². The highest BCUT2D eigenvalue weighted by Gasteiger charge is 2.10. The zero-order valence-electron chi connectivity index (χ0n) is 10.8. The normalized spacial score (nSPS) is 10.6. The third-order valence-corrected chi connectivity index (χ3v) is 3.15. The van der Waals surface area contributed by atoms with Crippen LogP contribution in [0.1, 0.15) is 23.1 Å². The van der Waals surface area contributed by atoms with Gasteiger partial charge in [-0.15, -0.1) is 0 Å². The maximum Gasteiger partial charge on any atom is 0.303 e. The van der Waals surface area contributed by atoms with Gasteiger partial charge >= 0.3 is 5.97 Å². The Labute approximate surface area is 111 Å². The van der Waals surface area contributed by atoms with E-state index in [9.17, 15) is 4.79 Å². The third kappa shape index (κ3) is 3.13. The molecule has 3 N–H and O–H groups in total. The van der Waals surface area contributed by atoms with Crippen LogP contribution >= 0.6 is 0 Å². The number of benzene rings is 1. The number of hydrogen-bond acceptors (Lipinski definition) is 3. The van der Waals surface area contributed by atoms with E-state index in [-0.39, 0.29) is 6.42 Å². The van der Waals surface area contributed by atoms with Crippen LogP contribution in [0, 0.1) is 6.92 Å². The van der Waals surface area contributed by atoms with Crippen molar-refractivity contribution in [3.05, 3.63) is 47.2 Å². The molecule has 0 saturated heterocycles. The number of aryl methyl sites for hydroxylation is 2. The molecule has 0 spiro atoms. The van der Waals surface area contributed by atoms with Crippen LogP contribution < -0.4 is 5.73 Å². The van der Waals surface area contributed by atoms with Crippen LogP contribution in [0.3, 0.4) is 0 Å². The van der Waals surface area contributed by atoms with Crippen LogP contribution in [0.25, 0.3) is 0 Å². The highest BCUT2D eigenvalue weighted by Crippen LogP contribution is 2.16. The first-order chi connectivity index (χ1) is 9.08. The molecule has 0 atom stereocenters. The Morgan fingerprint density at radius 3 is 2.79 bits per heavy atom. The summed E-state index contributed by atoms with van der Waals surface area (Å²) in [5.74, 6) is -0.282. The number of hydrogen-bond donors (Lipinski definition) is 2. The molecule has 2 aromatic rings. The van der Waals surface area contributed by atoms with Crippen LogP contribution in [-0.2, 0) is 17.8 Å². The van der Waals surface area contributed by atoms with Gasteiger partial charge in [-0.25, -0.2) is 4.68 Å². The molecule has 0 saturated carbocycles. The SMILES string of the molecule is Cc1ccccc1Cn1ncc(CCC(=O)O)c1N. The molecule has 1 aromatic carbocycles. The number of rotatable bonds is 5. The smallest absolute Gasteiger partial charge is 0.303 e. The Kier molecular flexibility index (Phi) is 3.85. The van der Waals surface area contributed by atoms with E-state index in [2.05, 4.69) is 5.10 Å². The van der Waals surface area contributed by atoms with E-state index in [1.165, 1.54) is 5.56 Å². The summed E-state index contributed by atoms with van der Waals surface area (Å²) in [6.45, 7) is 2.64. The van der Waals surface area contributed by atoms with Crippen LogP contribution in [-0.4, -0.2) is 20.9 Å². The minimum Gasteiger partial charge on any atom is -0.481 e. The predicted octanol–water partition coefficient (Wildman–Crippen LogP) is 1.84. The molecule has 2 rings (SSSR count). The lowest BCUT2D eigenvalue weighted by molar-refractivity contribution is -0.136. The number of carboxylic acid groups (broad SMARTS) is 1. The van der Waals surface area contributed by atoms with Gasteiger partial charge < -0.3 is 10.8 Å². The predicted molar refractivity (Wildman–Crippen MR) is 72.9 cm³/mol. The first-order valence-electron chi connectivity index (χ1n) is 6.14. The van der Waals surface area contributed by atoms with Gasteiger partial charge in [0.2, 0.25) is 0 Å². The van der Waals surface area contributed by atoms with Crippen molar-refractivity contribution in [1.82, 2.24) is 9.78 Å².